The highest BCUT2D eigenvalue weighted by Crippen LogP contribution is 2.23. The summed E-state index contributed by atoms with van der Waals surface area (Å²) in [6.45, 7) is 2.82. The van der Waals surface area contributed by atoms with Crippen molar-refractivity contribution < 1.29 is 4.39 Å². The van der Waals surface area contributed by atoms with E-state index >= 15 is 0 Å². The van der Waals surface area contributed by atoms with Crippen LogP contribution in [0.1, 0.15) is 30.9 Å². The number of hydrogen-bond donors (Lipinski definition) is 1. The highest BCUT2D eigenvalue weighted by atomic mass is 19.1. The van der Waals surface area contributed by atoms with Crippen LogP contribution in [0, 0.1) is 5.82 Å². The van der Waals surface area contributed by atoms with E-state index in [0.717, 1.165) is 18.7 Å². The lowest BCUT2D eigenvalue weighted by Crippen LogP contribution is -2.37. The maximum absolute atomic E-state index is 12.9. The Kier molecular flexibility index (Phi) is 3.91. The number of piperidine rings is 1. The maximum Gasteiger partial charge on any atom is 0.123 e. The molecule has 0 aromatic heterocycles. The van der Waals surface area contributed by atoms with Crippen LogP contribution in [0.2, 0.25) is 0 Å². The van der Waals surface area contributed by atoms with Crippen molar-refractivity contribution in [3.63, 3.8) is 0 Å². The third kappa shape index (κ3) is 2.60. The molecule has 0 bridgehead atoms. The first-order valence-electron chi connectivity index (χ1n) is 6.01. The second kappa shape index (κ2) is 5.41. The van der Waals surface area contributed by atoms with Crippen molar-refractivity contribution in [2.75, 3.05) is 19.6 Å². The van der Waals surface area contributed by atoms with Crippen LogP contribution in [0.15, 0.2) is 24.3 Å². The Balaban J connectivity index is 2.11. The summed E-state index contributed by atoms with van der Waals surface area (Å²) < 4.78 is 12.9. The number of likely N-dealkylation sites (tertiary alicyclic amines) is 1. The van der Waals surface area contributed by atoms with Crippen LogP contribution in [0.25, 0.3) is 0 Å². The first-order valence-corrected chi connectivity index (χ1v) is 6.01. The summed E-state index contributed by atoms with van der Waals surface area (Å²) in [5.74, 6) is -0.182. The molecule has 2 nitrogen and oxygen atoms in total. The van der Waals surface area contributed by atoms with Crippen molar-refractivity contribution in [1.29, 1.82) is 0 Å². The summed E-state index contributed by atoms with van der Waals surface area (Å²) in [4.78, 5) is 2.41. The van der Waals surface area contributed by atoms with E-state index in [4.69, 9.17) is 5.73 Å². The van der Waals surface area contributed by atoms with E-state index < -0.39 is 0 Å². The van der Waals surface area contributed by atoms with E-state index in [1.54, 1.807) is 0 Å². The number of hydrogen-bond acceptors (Lipinski definition) is 2. The topological polar surface area (TPSA) is 29.3 Å². The van der Waals surface area contributed by atoms with Gasteiger partial charge in [0.15, 0.2) is 0 Å². The van der Waals surface area contributed by atoms with Gasteiger partial charge in [-0.1, -0.05) is 18.6 Å². The van der Waals surface area contributed by atoms with E-state index in [-0.39, 0.29) is 11.9 Å². The van der Waals surface area contributed by atoms with Gasteiger partial charge in [-0.15, -0.1) is 0 Å². The van der Waals surface area contributed by atoms with Crippen molar-refractivity contribution in [3.8, 4) is 0 Å². The lowest BCUT2D eigenvalue weighted by Gasteiger charge is -2.34. The van der Waals surface area contributed by atoms with E-state index in [1.165, 1.54) is 31.4 Å². The summed E-state index contributed by atoms with van der Waals surface area (Å²) >= 11 is 0. The fourth-order valence-electron chi connectivity index (χ4n) is 2.41. The highest BCUT2D eigenvalue weighted by molar-refractivity contribution is 5.20. The van der Waals surface area contributed by atoms with Crippen LogP contribution in [0.3, 0.4) is 0 Å². The SMILES string of the molecule is NCC(c1ccc(F)cc1)N1CCCCC1. The zero-order valence-electron chi connectivity index (χ0n) is 9.53. The van der Waals surface area contributed by atoms with E-state index in [1.807, 2.05) is 12.1 Å². The smallest absolute Gasteiger partial charge is 0.123 e. The van der Waals surface area contributed by atoms with Crippen LogP contribution in [0.5, 0.6) is 0 Å². The molecule has 2 rings (SSSR count). The molecule has 1 unspecified atom stereocenters. The molecule has 1 saturated heterocycles. The molecule has 1 aromatic rings. The Bertz CT molecular complexity index is 317. The molecule has 0 saturated carbocycles. The molecule has 0 radical (unpaired) electrons. The molecule has 1 aliphatic heterocycles. The first kappa shape index (κ1) is 11.6. The molecule has 3 heteroatoms. The summed E-state index contributed by atoms with van der Waals surface area (Å²) in [5, 5.41) is 0. The summed E-state index contributed by atoms with van der Waals surface area (Å²) in [6.07, 6.45) is 3.81. The van der Waals surface area contributed by atoms with Crippen LogP contribution in [-0.2, 0) is 0 Å². The highest BCUT2D eigenvalue weighted by Gasteiger charge is 2.20. The van der Waals surface area contributed by atoms with Gasteiger partial charge in [0.1, 0.15) is 5.82 Å². The van der Waals surface area contributed by atoms with Gasteiger partial charge in [-0.2, -0.15) is 0 Å². The molecule has 2 N–H and O–H groups in total. The number of rotatable bonds is 3. The van der Waals surface area contributed by atoms with Crippen molar-refractivity contribution in [1.82, 2.24) is 4.90 Å². The molecule has 0 amide bonds. The van der Waals surface area contributed by atoms with Crippen molar-refractivity contribution >= 4 is 0 Å². The molecule has 1 heterocycles. The van der Waals surface area contributed by atoms with Gasteiger partial charge >= 0.3 is 0 Å². The number of nitrogens with zero attached hydrogens (tertiary/aromatic N) is 1. The van der Waals surface area contributed by atoms with E-state index in [2.05, 4.69) is 4.90 Å². The molecule has 0 spiro atoms. The summed E-state index contributed by atoms with van der Waals surface area (Å²) in [6, 6.07) is 6.98. The lowest BCUT2D eigenvalue weighted by molar-refractivity contribution is 0.167. The standard InChI is InChI=1S/C13H19FN2/c14-12-6-4-11(5-7-12)13(10-15)16-8-2-1-3-9-16/h4-7,13H,1-3,8-10,15H2. The third-order valence-electron chi connectivity index (χ3n) is 3.31. The van der Waals surface area contributed by atoms with Crippen LogP contribution >= 0.6 is 0 Å². The number of benzene rings is 1. The predicted molar refractivity (Wildman–Crippen MR) is 63.6 cm³/mol. The number of halogens is 1. The average Bonchev–Trinajstić information content (AvgIpc) is 2.34. The molecular formula is C13H19FN2. The zero-order valence-corrected chi connectivity index (χ0v) is 9.53. The molecule has 1 aliphatic rings. The normalized spacial score (nSPS) is 19.6. The van der Waals surface area contributed by atoms with Crippen molar-refractivity contribution in [2.45, 2.75) is 25.3 Å². The fourth-order valence-corrected chi connectivity index (χ4v) is 2.41. The molecule has 1 atom stereocenters. The Morgan fingerprint density at radius 2 is 1.75 bits per heavy atom. The second-order valence-electron chi connectivity index (χ2n) is 4.40. The average molecular weight is 222 g/mol. The van der Waals surface area contributed by atoms with Gasteiger partial charge in [0.25, 0.3) is 0 Å². The van der Waals surface area contributed by atoms with Crippen molar-refractivity contribution in [3.05, 3.63) is 35.6 Å². The molecule has 16 heavy (non-hydrogen) atoms. The van der Waals surface area contributed by atoms with Crippen LogP contribution in [-0.4, -0.2) is 24.5 Å². The fraction of sp³-hybridized carbons (Fsp3) is 0.538. The van der Waals surface area contributed by atoms with E-state index in [9.17, 15) is 4.39 Å². The minimum Gasteiger partial charge on any atom is -0.329 e. The zero-order chi connectivity index (χ0) is 11.4. The van der Waals surface area contributed by atoms with Crippen LogP contribution < -0.4 is 5.73 Å². The summed E-state index contributed by atoms with van der Waals surface area (Å²) in [7, 11) is 0. The Labute approximate surface area is 96.2 Å². The molecule has 1 fully saturated rings. The minimum atomic E-state index is -0.182. The Morgan fingerprint density at radius 1 is 1.12 bits per heavy atom. The van der Waals surface area contributed by atoms with Gasteiger partial charge in [-0.3, -0.25) is 4.90 Å². The molecule has 0 aliphatic carbocycles. The Morgan fingerprint density at radius 3 is 2.31 bits per heavy atom. The predicted octanol–water partition coefficient (Wildman–Crippen LogP) is 2.31. The maximum atomic E-state index is 12.9. The largest absolute Gasteiger partial charge is 0.329 e. The minimum absolute atomic E-state index is 0.182. The van der Waals surface area contributed by atoms with Gasteiger partial charge < -0.3 is 5.73 Å². The molecular weight excluding hydrogens is 203 g/mol. The van der Waals surface area contributed by atoms with Gasteiger partial charge in [0, 0.05) is 12.6 Å². The van der Waals surface area contributed by atoms with Gasteiger partial charge in [0.2, 0.25) is 0 Å². The Hall–Kier alpha value is -0.930. The lowest BCUT2D eigenvalue weighted by atomic mass is 10.0. The molecule has 88 valence electrons. The quantitative estimate of drug-likeness (QED) is 0.850. The van der Waals surface area contributed by atoms with Gasteiger partial charge in [-0.25, -0.2) is 4.39 Å². The monoisotopic (exact) mass is 222 g/mol. The number of nitrogens with two attached hydrogens (primary N) is 1. The van der Waals surface area contributed by atoms with Gasteiger partial charge in [0.05, 0.1) is 0 Å². The summed E-state index contributed by atoms with van der Waals surface area (Å²) in [5.41, 5.74) is 6.97. The second-order valence-corrected chi connectivity index (χ2v) is 4.40. The first-order chi connectivity index (χ1) is 7.81. The van der Waals surface area contributed by atoms with Crippen LogP contribution in [0.4, 0.5) is 4.39 Å². The molecule has 1 aromatic carbocycles. The third-order valence-corrected chi connectivity index (χ3v) is 3.31. The van der Waals surface area contributed by atoms with Gasteiger partial charge in [-0.05, 0) is 43.6 Å². The van der Waals surface area contributed by atoms with E-state index in [0.29, 0.717) is 6.54 Å². The van der Waals surface area contributed by atoms with Crippen molar-refractivity contribution in [2.24, 2.45) is 5.73 Å².